The first-order valence-corrected chi connectivity index (χ1v) is 8.66. The van der Waals surface area contributed by atoms with Crippen molar-refractivity contribution in [3.63, 3.8) is 0 Å². The topological polar surface area (TPSA) is 130 Å². The van der Waals surface area contributed by atoms with Crippen LogP contribution in [0.5, 0.6) is 11.5 Å². The molecule has 0 unspecified atom stereocenters. The van der Waals surface area contributed by atoms with Gasteiger partial charge in [-0.1, -0.05) is 13.8 Å². The van der Waals surface area contributed by atoms with Gasteiger partial charge in [-0.15, -0.1) is 10.2 Å². The molecule has 0 saturated heterocycles. The van der Waals surface area contributed by atoms with E-state index in [1.54, 1.807) is 24.4 Å². The third-order valence-electron chi connectivity index (χ3n) is 4.34. The van der Waals surface area contributed by atoms with E-state index < -0.39 is 5.91 Å². The first-order chi connectivity index (χ1) is 13.2. The Morgan fingerprint density at radius 2 is 1.86 bits per heavy atom. The Morgan fingerprint density at radius 1 is 1.14 bits per heavy atom. The molecule has 28 heavy (non-hydrogen) atoms. The lowest BCUT2D eigenvalue weighted by Crippen LogP contribution is -2.18. The molecule has 1 aromatic carbocycles. The molecule has 2 aromatic heterocycles. The highest BCUT2D eigenvalue weighted by Crippen LogP contribution is 2.38. The molecule has 0 saturated carbocycles. The summed E-state index contributed by atoms with van der Waals surface area (Å²) >= 11 is 0. The van der Waals surface area contributed by atoms with E-state index in [4.69, 9.17) is 5.73 Å². The third-order valence-corrected chi connectivity index (χ3v) is 4.34. The Bertz CT molecular complexity index is 1020. The number of pyridine rings is 1. The van der Waals surface area contributed by atoms with Gasteiger partial charge >= 0.3 is 0 Å². The number of nitrogens with zero attached hydrogens (tertiary/aromatic N) is 5. The second kappa shape index (κ2) is 7.18. The highest BCUT2D eigenvalue weighted by Gasteiger charge is 2.23. The number of anilines is 1. The van der Waals surface area contributed by atoms with Crippen molar-refractivity contribution < 1.29 is 15.0 Å². The van der Waals surface area contributed by atoms with Gasteiger partial charge in [0.15, 0.2) is 5.82 Å². The highest BCUT2D eigenvalue weighted by atomic mass is 16.3. The summed E-state index contributed by atoms with van der Waals surface area (Å²) in [6, 6.07) is 6.41. The number of aromatic nitrogens is 4. The molecular formula is C19H22N6O3. The maximum Gasteiger partial charge on any atom is 0.287 e. The van der Waals surface area contributed by atoms with Crippen LogP contribution in [0.3, 0.4) is 0 Å². The summed E-state index contributed by atoms with van der Waals surface area (Å²) in [7, 11) is 3.73. The Kier molecular flexibility index (Phi) is 4.91. The number of carbonyl (C=O) groups is 1. The van der Waals surface area contributed by atoms with Crippen molar-refractivity contribution in [2.45, 2.75) is 19.8 Å². The van der Waals surface area contributed by atoms with Gasteiger partial charge < -0.3 is 20.8 Å². The maximum atomic E-state index is 11.9. The Balaban J connectivity index is 2.24. The van der Waals surface area contributed by atoms with Crippen LogP contribution in [0.1, 0.15) is 35.9 Å². The smallest absolute Gasteiger partial charge is 0.287 e. The molecule has 0 spiro atoms. The summed E-state index contributed by atoms with van der Waals surface area (Å²) in [5.74, 6) is -0.113. The van der Waals surface area contributed by atoms with Gasteiger partial charge in [-0.3, -0.25) is 9.36 Å². The van der Waals surface area contributed by atoms with Gasteiger partial charge in [0.25, 0.3) is 5.91 Å². The molecular weight excluding hydrogens is 360 g/mol. The molecule has 0 aliphatic rings. The summed E-state index contributed by atoms with van der Waals surface area (Å²) in [5.41, 5.74) is 6.93. The zero-order chi connectivity index (χ0) is 20.6. The summed E-state index contributed by atoms with van der Waals surface area (Å²) in [5, 5.41) is 28.5. The molecule has 0 atom stereocenters. The largest absolute Gasteiger partial charge is 0.508 e. The van der Waals surface area contributed by atoms with Crippen LogP contribution < -0.4 is 10.6 Å². The minimum Gasteiger partial charge on any atom is -0.508 e. The number of benzene rings is 1. The fraction of sp³-hybridized carbons (Fsp3) is 0.263. The number of amides is 1. The number of phenolic OH excluding ortho intramolecular Hbond substituents is 2. The van der Waals surface area contributed by atoms with Crippen LogP contribution >= 0.6 is 0 Å². The van der Waals surface area contributed by atoms with Gasteiger partial charge in [-0.25, -0.2) is 4.98 Å². The van der Waals surface area contributed by atoms with E-state index in [-0.39, 0.29) is 29.1 Å². The fourth-order valence-corrected chi connectivity index (χ4v) is 2.87. The Morgan fingerprint density at radius 3 is 2.39 bits per heavy atom. The average Bonchev–Trinajstić information content (AvgIpc) is 3.06. The van der Waals surface area contributed by atoms with Crippen LogP contribution in [-0.2, 0) is 0 Å². The molecule has 4 N–H and O–H groups in total. The molecule has 3 rings (SSSR count). The second-order valence-electron chi connectivity index (χ2n) is 6.90. The van der Waals surface area contributed by atoms with Crippen molar-refractivity contribution in [1.29, 1.82) is 0 Å². The number of hydrogen-bond acceptors (Lipinski definition) is 7. The number of rotatable bonds is 5. The molecule has 0 aliphatic carbocycles. The van der Waals surface area contributed by atoms with Crippen LogP contribution in [-0.4, -0.2) is 50.0 Å². The quantitative estimate of drug-likeness (QED) is 0.615. The van der Waals surface area contributed by atoms with Gasteiger partial charge in [-0.2, -0.15) is 0 Å². The van der Waals surface area contributed by atoms with Crippen molar-refractivity contribution >= 4 is 11.7 Å². The predicted molar refractivity (Wildman–Crippen MR) is 105 cm³/mol. The normalized spacial score (nSPS) is 11.0. The monoisotopic (exact) mass is 382 g/mol. The van der Waals surface area contributed by atoms with Crippen molar-refractivity contribution in [1.82, 2.24) is 19.7 Å². The first-order valence-electron chi connectivity index (χ1n) is 8.66. The predicted octanol–water partition coefficient (Wildman–Crippen LogP) is 2.03. The Labute approximate surface area is 162 Å². The number of hydrogen-bond donors (Lipinski definition) is 3. The molecule has 2 heterocycles. The molecule has 146 valence electrons. The molecule has 1 amide bonds. The number of nitrogens with two attached hydrogens (primary N) is 1. The minimum absolute atomic E-state index is 0.00683. The summed E-state index contributed by atoms with van der Waals surface area (Å²) < 4.78 is 1.44. The molecule has 3 aromatic rings. The van der Waals surface area contributed by atoms with E-state index in [9.17, 15) is 15.0 Å². The van der Waals surface area contributed by atoms with Crippen molar-refractivity contribution in [3.8, 4) is 28.6 Å². The summed E-state index contributed by atoms with van der Waals surface area (Å²) in [6.45, 7) is 3.83. The van der Waals surface area contributed by atoms with E-state index in [2.05, 4.69) is 15.2 Å². The molecule has 9 nitrogen and oxygen atoms in total. The fourth-order valence-electron chi connectivity index (χ4n) is 2.87. The average molecular weight is 382 g/mol. The van der Waals surface area contributed by atoms with E-state index >= 15 is 0 Å². The van der Waals surface area contributed by atoms with E-state index in [1.807, 2.05) is 32.8 Å². The van der Waals surface area contributed by atoms with Gasteiger partial charge in [0.1, 0.15) is 17.3 Å². The summed E-state index contributed by atoms with van der Waals surface area (Å²) in [4.78, 5) is 18.1. The molecule has 9 heteroatoms. The lowest BCUT2D eigenvalue weighted by Gasteiger charge is -2.15. The van der Waals surface area contributed by atoms with E-state index in [1.165, 1.54) is 10.6 Å². The highest BCUT2D eigenvalue weighted by molar-refractivity contribution is 5.90. The van der Waals surface area contributed by atoms with Crippen molar-refractivity contribution in [3.05, 3.63) is 41.9 Å². The van der Waals surface area contributed by atoms with Crippen LogP contribution in [0.25, 0.3) is 17.1 Å². The number of phenols is 2. The summed E-state index contributed by atoms with van der Waals surface area (Å²) in [6.07, 6.45) is 1.56. The zero-order valence-electron chi connectivity index (χ0n) is 16.1. The van der Waals surface area contributed by atoms with Gasteiger partial charge in [0.05, 0.1) is 17.4 Å². The van der Waals surface area contributed by atoms with Crippen LogP contribution in [0, 0.1) is 0 Å². The molecule has 0 radical (unpaired) electrons. The zero-order valence-corrected chi connectivity index (χ0v) is 16.1. The number of primary amides is 1. The van der Waals surface area contributed by atoms with E-state index in [0.29, 0.717) is 16.8 Å². The first kappa shape index (κ1) is 19.2. The van der Waals surface area contributed by atoms with Crippen LogP contribution in [0.2, 0.25) is 0 Å². The standard InChI is InChI=1S/C19H22N6O3/c1-10(2)12-7-13(15(27)8-14(12)26)18-22-23-19(17(20)28)25(18)11-5-6-16(21-9-11)24(3)4/h5-10,26-27H,1-4H3,(H2,20,28). The molecule has 0 fully saturated rings. The number of aromatic hydroxyl groups is 2. The minimum atomic E-state index is -0.766. The van der Waals surface area contributed by atoms with Gasteiger partial charge in [0.2, 0.25) is 5.82 Å². The second-order valence-corrected chi connectivity index (χ2v) is 6.90. The number of carbonyl (C=O) groups excluding carboxylic acids is 1. The van der Waals surface area contributed by atoms with E-state index in [0.717, 1.165) is 5.82 Å². The third kappa shape index (κ3) is 3.34. The Hall–Kier alpha value is -3.62. The van der Waals surface area contributed by atoms with Crippen molar-refractivity contribution in [2.24, 2.45) is 5.73 Å². The van der Waals surface area contributed by atoms with Gasteiger partial charge in [-0.05, 0) is 29.7 Å². The van der Waals surface area contributed by atoms with Crippen molar-refractivity contribution in [2.75, 3.05) is 19.0 Å². The lowest BCUT2D eigenvalue weighted by molar-refractivity contribution is 0.0988. The van der Waals surface area contributed by atoms with Crippen LogP contribution in [0.4, 0.5) is 5.82 Å². The van der Waals surface area contributed by atoms with Crippen LogP contribution in [0.15, 0.2) is 30.5 Å². The SMILES string of the molecule is CC(C)c1cc(-c2nnc(C(N)=O)n2-c2ccc(N(C)C)nc2)c(O)cc1O. The molecule has 0 aliphatic heterocycles. The maximum absolute atomic E-state index is 11.9. The van der Waals surface area contributed by atoms with Gasteiger partial charge in [0, 0.05) is 20.2 Å². The molecule has 0 bridgehead atoms. The lowest BCUT2D eigenvalue weighted by atomic mass is 9.98.